The molecule has 4 nitrogen and oxygen atoms in total. The molecule has 3 aromatic rings. The Kier molecular flexibility index (Phi) is 2.16. The molecule has 0 unspecified atom stereocenters. The van der Waals surface area contributed by atoms with Crippen LogP contribution >= 0.6 is 11.3 Å². The first-order valence-electron chi connectivity index (χ1n) is 5.33. The largest absolute Gasteiger partial charge is 0.390 e. The Morgan fingerprint density at radius 3 is 2.76 bits per heavy atom. The molecule has 3 aromatic heterocycles. The quantitative estimate of drug-likeness (QED) is 0.716. The molecule has 0 fully saturated rings. The molecule has 0 aliphatic carbocycles. The van der Waals surface area contributed by atoms with Gasteiger partial charge in [-0.25, -0.2) is 0 Å². The van der Waals surface area contributed by atoms with Crippen molar-refractivity contribution in [2.75, 3.05) is 5.73 Å². The molecule has 3 rings (SSSR count). The van der Waals surface area contributed by atoms with Gasteiger partial charge in [0.25, 0.3) is 0 Å². The number of aryl methyl sites for hydroxylation is 2. The summed E-state index contributed by atoms with van der Waals surface area (Å²) in [5.74, 6) is 0.807. The van der Waals surface area contributed by atoms with Crippen LogP contribution in [-0.4, -0.2) is 14.6 Å². The van der Waals surface area contributed by atoms with E-state index in [1.165, 1.54) is 10.4 Å². The second-order valence-corrected chi connectivity index (χ2v) is 5.38. The Balaban J connectivity index is 2.28. The van der Waals surface area contributed by atoms with Crippen LogP contribution in [0, 0.1) is 13.8 Å². The Hall–Kier alpha value is -1.88. The van der Waals surface area contributed by atoms with Crippen molar-refractivity contribution in [3.05, 3.63) is 34.8 Å². The number of aromatic nitrogens is 3. The lowest BCUT2D eigenvalue weighted by Crippen LogP contribution is -1.91. The van der Waals surface area contributed by atoms with Crippen LogP contribution in [0.3, 0.4) is 0 Å². The van der Waals surface area contributed by atoms with Gasteiger partial charge in [-0.3, -0.25) is 4.40 Å². The molecule has 0 bridgehead atoms. The number of nitrogens with zero attached hydrogens (tertiary/aromatic N) is 3. The highest BCUT2D eigenvalue weighted by molar-refractivity contribution is 7.16. The number of nitrogen functional groups attached to an aromatic ring is 1. The predicted molar refractivity (Wildman–Crippen MR) is 70.2 cm³/mol. The topological polar surface area (TPSA) is 56.2 Å². The van der Waals surface area contributed by atoms with E-state index in [0.29, 0.717) is 0 Å². The van der Waals surface area contributed by atoms with Crippen molar-refractivity contribution in [3.8, 4) is 11.4 Å². The molecule has 0 radical (unpaired) electrons. The smallest absolute Gasteiger partial charge is 0.171 e. The van der Waals surface area contributed by atoms with Crippen LogP contribution in [0.1, 0.15) is 10.4 Å². The fourth-order valence-electron chi connectivity index (χ4n) is 1.88. The first-order chi connectivity index (χ1) is 8.15. The predicted octanol–water partition coefficient (Wildman–Crippen LogP) is 2.66. The molecule has 3 heterocycles. The van der Waals surface area contributed by atoms with E-state index < -0.39 is 0 Å². The normalized spacial score (nSPS) is 11.2. The van der Waals surface area contributed by atoms with Crippen molar-refractivity contribution < 1.29 is 0 Å². The summed E-state index contributed by atoms with van der Waals surface area (Å²) in [5, 5.41) is 9.18. The molecule has 0 saturated heterocycles. The minimum atomic E-state index is 0.789. The molecule has 0 spiro atoms. The average Bonchev–Trinajstić information content (AvgIpc) is 2.81. The number of fused-ring (bicyclic) bond motifs is 1. The Morgan fingerprint density at radius 1 is 1.24 bits per heavy atom. The molecule has 0 amide bonds. The second-order valence-electron chi connectivity index (χ2n) is 4.09. The van der Waals surface area contributed by atoms with Crippen molar-refractivity contribution in [1.82, 2.24) is 14.6 Å². The monoisotopic (exact) mass is 244 g/mol. The van der Waals surface area contributed by atoms with Gasteiger partial charge in [-0.1, -0.05) is 0 Å². The molecule has 0 saturated carbocycles. The van der Waals surface area contributed by atoms with Gasteiger partial charge >= 0.3 is 0 Å². The van der Waals surface area contributed by atoms with E-state index in [1.807, 2.05) is 36.6 Å². The van der Waals surface area contributed by atoms with E-state index in [-0.39, 0.29) is 0 Å². The van der Waals surface area contributed by atoms with Crippen molar-refractivity contribution in [2.24, 2.45) is 0 Å². The first kappa shape index (κ1) is 10.3. The van der Waals surface area contributed by atoms with Gasteiger partial charge in [0.2, 0.25) is 0 Å². The van der Waals surface area contributed by atoms with Crippen LogP contribution in [0.25, 0.3) is 17.0 Å². The zero-order valence-electron chi connectivity index (χ0n) is 9.64. The number of thiophene rings is 1. The van der Waals surface area contributed by atoms with E-state index in [0.717, 1.165) is 22.0 Å². The molecular formula is C12H12N4S. The van der Waals surface area contributed by atoms with Gasteiger partial charge in [-0.2, -0.15) is 0 Å². The van der Waals surface area contributed by atoms with E-state index in [1.54, 1.807) is 11.3 Å². The maximum atomic E-state index is 5.99. The number of hydrogen-bond donors (Lipinski definition) is 1. The Morgan fingerprint density at radius 2 is 2.06 bits per heavy atom. The molecule has 2 N–H and O–H groups in total. The third-order valence-corrected chi connectivity index (χ3v) is 3.57. The highest BCUT2D eigenvalue weighted by Crippen LogP contribution is 2.32. The van der Waals surface area contributed by atoms with Gasteiger partial charge in [0, 0.05) is 11.1 Å². The summed E-state index contributed by atoms with van der Waals surface area (Å²) in [7, 11) is 0. The van der Waals surface area contributed by atoms with Gasteiger partial charge < -0.3 is 5.73 Å². The van der Waals surface area contributed by atoms with Crippen LogP contribution in [-0.2, 0) is 0 Å². The lowest BCUT2D eigenvalue weighted by atomic mass is 10.2. The lowest BCUT2D eigenvalue weighted by Gasteiger charge is -1.99. The van der Waals surface area contributed by atoms with Crippen molar-refractivity contribution >= 4 is 22.0 Å². The van der Waals surface area contributed by atoms with Crippen LogP contribution in [0.15, 0.2) is 24.4 Å². The lowest BCUT2D eigenvalue weighted by molar-refractivity contribution is 1.11. The average molecular weight is 244 g/mol. The second kappa shape index (κ2) is 3.56. The summed E-state index contributed by atoms with van der Waals surface area (Å²) in [6, 6.07) is 6.09. The number of rotatable bonds is 1. The number of anilines is 1. The maximum absolute atomic E-state index is 5.99. The molecule has 17 heavy (non-hydrogen) atoms. The molecule has 86 valence electrons. The highest BCUT2D eigenvalue weighted by atomic mass is 32.1. The first-order valence-corrected chi connectivity index (χ1v) is 6.14. The fourth-order valence-corrected chi connectivity index (χ4v) is 2.67. The Bertz CT molecular complexity index is 696. The third-order valence-electron chi connectivity index (χ3n) is 2.69. The third kappa shape index (κ3) is 1.59. The molecular weight excluding hydrogens is 232 g/mol. The minimum absolute atomic E-state index is 0.789. The van der Waals surface area contributed by atoms with E-state index >= 15 is 0 Å². The zero-order chi connectivity index (χ0) is 12.0. The van der Waals surface area contributed by atoms with Crippen molar-refractivity contribution in [1.29, 1.82) is 0 Å². The number of pyridine rings is 1. The number of nitrogens with two attached hydrogens (primary N) is 1. The SMILES string of the molecule is Cc1ccn2c(-c3cc(C)sc3N)nnc2c1. The highest BCUT2D eigenvalue weighted by Gasteiger charge is 2.13. The number of hydrogen-bond acceptors (Lipinski definition) is 4. The summed E-state index contributed by atoms with van der Waals surface area (Å²) in [4.78, 5) is 1.18. The van der Waals surface area contributed by atoms with Gasteiger partial charge in [-0.15, -0.1) is 21.5 Å². The molecule has 0 aromatic carbocycles. The van der Waals surface area contributed by atoms with Crippen LogP contribution in [0.4, 0.5) is 5.00 Å². The summed E-state index contributed by atoms with van der Waals surface area (Å²) in [6.45, 7) is 4.08. The molecule has 0 atom stereocenters. The van der Waals surface area contributed by atoms with Gasteiger partial charge in [0.05, 0.1) is 10.6 Å². The van der Waals surface area contributed by atoms with Crippen LogP contribution < -0.4 is 5.73 Å². The molecule has 0 aliphatic rings. The summed E-state index contributed by atoms with van der Waals surface area (Å²) < 4.78 is 1.96. The zero-order valence-corrected chi connectivity index (χ0v) is 10.5. The molecule has 0 aliphatic heterocycles. The summed E-state index contributed by atoms with van der Waals surface area (Å²) in [5.41, 5.74) is 8.98. The van der Waals surface area contributed by atoms with E-state index in [9.17, 15) is 0 Å². The van der Waals surface area contributed by atoms with Crippen LogP contribution in [0.5, 0.6) is 0 Å². The Labute approximate surface area is 103 Å². The summed E-state index contributed by atoms with van der Waals surface area (Å²) >= 11 is 1.58. The van der Waals surface area contributed by atoms with Crippen molar-refractivity contribution in [2.45, 2.75) is 13.8 Å². The standard InChI is InChI=1S/C12H12N4S/c1-7-3-4-16-10(5-7)14-15-12(16)9-6-8(2)17-11(9)13/h3-6H,13H2,1-2H3. The fraction of sp³-hybridized carbons (Fsp3) is 0.167. The minimum Gasteiger partial charge on any atom is -0.390 e. The van der Waals surface area contributed by atoms with Crippen molar-refractivity contribution in [3.63, 3.8) is 0 Å². The van der Waals surface area contributed by atoms with Gasteiger partial charge in [0.1, 0.15) is 0 Å². The van der Waals surface area contributed by atoms with Crippen LogP contribution in [0.2, 0.25) is 0 Å². The maximum Gasteiger partial charge on any atom is 0.171 e. The summed E-state index contributed by atoms with van der Waals surface area (Å²) in [6.07, 6.45) is 1.98. The molecule has 5 heteroatoms. The van der Waals surface area contributed by atoms with E-state index in [4.69, 9.17) is 5.73 Å². The van der Waals surface area contributed by atoms with Gasteiger partial charge in [-0.05, 0) is 37.6 Å². The van der Waals surface area contributed by atoms with E-state index in [2.05, 4.69) is 16.3 Å². The van der Waals surface area contributed by atoms with Gasteiger partial charge in [0.15, 0.2) is 11.5 Å².